The number of carbonyl (C=O) groups excluding carboxylic acids is 2. The Labute approximate surface area is 142 Å². The van der Waals surface area contributed by atoms with Crippen molar-refractivity contribution in [2.75, 3.05) is 5.32 Å². The smallest absolute Gasteiger partial charge is 0.269 e. The fourth-order valence-corrected chi connectivity index (χ4v) is 3.16. The number of nitrogens with one attached hydrogen (secondary N) is 1. The zero-order valence-corrected chi connectivity index (χ0v) is 13.6. The number of hydrogen-bond donors (Lipinski definition) is 2. The lowest BCUT2D eigenvalue weighted by atomic mass is 10.2. The second-order valence-corrected chi connectivity index (χ2v) is 6.02. The maximum Gasteiger partial charge on any atom is 0.269 e. The lowest BCUT2D eigenvalue weighted by Crippen LogP contribution is -2.19. The zero-order chi connectivity index (χ0) is 17.1. The fraction of sp³-hybridized carbons (Fsp3) is 0.0588. The molecule has 0 aliphatic rings. The minimum Gasteiger partial charge on any atom is -0.364 e. The first-order valence-corrected chi connectivity index (χ1v) is 7.97. The van der Waals surface area contributed by atoms with Gasteiger partial charge in [-0.2, -0.15) is 0 Å². The lowest BCUT2D eigenvalue weighted by Gasteiger charge is -2.06. The van der Waals surface area contributed by atoms with Crippen molar-refractivity contribution in [1.29, 1.82) is 0 Å². The van der Waals surface area contributed by atoms with E-state index in [1.165, 1.54) is 17.5 Å². The molecule has 0 saturated heterocycles. The highest BCUT2D eigenvalue weighted by Gasteiger charge is 2.18. The van der Waals surface area contributed by atoms with E-state index in [2.05, 4.69) is 15.3 Å². The molecule has 6 nitrogen and oxygen atoms in total. The van der Waals surface area contributed by atoms with Gasteiger partial charge >= 0.3 is 0 Å². The summed E-state index contributed by atoms with van der Waals surface area (Å²) in [6, 6.07) is 12.8. The van der Waals surface area contributed by atoms with Crippen LogP contribution in [0.3, 0.4) is 0 Å². The highest BCUT2D eigenvalue weighted by molar-refractivity contribution is 7.17. The summed E-state index contributed by atoms with van der Waals surface area (Å²) >= 11 is 1.29. The molecule has 0 atom stereocenters. The molecule has 3 aromatic rings. The summed E-state index contributed by atoms with van der Waals surface area (Å²) in [6.45, 7) is 1.77. The Kier molecular flexibility index (Phi) is 4.35. The van der Waals surface area contributed by atoms with Gasteiger partial charge in [-0.25, -0.2) is 9.97 Å². The molecule has 0 aliphatic carbocycles. The first-order chi connectivity index (χ1) is 11.6. The average Bonchev–Trinajstić information content (AvgIpc) is 2.98. The van der Waals surface area contributed by atoms with Crippen molar-refractivity contribution in [3.05, 3.63) is 64.9 Å². The van der Waals surface area contributed by atoms with Crippen LogP contribution < -0.4 is 11.1 Å². The van der Waals surface area contributed by atoms with Gasteiger partial charge in [0.15, 0.2) is 5.69 Å². The largest absolute Gasteiger partial charge is 0.364 e. The fourth-order valence-electron chi connectivity index (χ4n) is 2.19. The predicted molar refractivity (Wildman–Crippen MR) is 93.0 cm³/mol. The summed E-state index contributed by atoms with van der Waals surface area (Å²) < 4.78 is 0. The van der Waals surface area contributed by atoms with Crippen molar-refractivity contribution in [3.8, 4) is 10.6 Å². The molecule has 2 aromatic heterocycles. The maximum absolute atomic E-state index is 12.5. The van der Waals surface area contributed by atoms with E-state index in [0.29, 0.717) is 10.6 Å². The number of anilines is 1. The number of nitrogens with two attached hydrogens (primary N) is 1. The molecular weight excluding hydrogens is 324 g/mol. The van der Waals surface area contributed by atoms with E-state index in [9.17, 15) is 9.59 Å². The normalized spacial score (nSPS) is 10.4. The molecule has 1 aromatic carbocycles. The molecule has 0 aliphatic heterocycles. The van der Waals surface area contributed by atoms with Crippen LogP contribution in [0.4, 0.5) is 5.69 Å². The summed E-state index contributed by atoms with van der Waals surface area (Å²) in [7, 11) is 0. The molecule has 0 spiro atoms. The van der Waals surface area contributed by atoms with Crippen molar-refractivity contribution < 1.29 is 9.59 Å². The topological polar surface area (TPSA) is 98.0 Å². The molecule has 24 heavy (non-hydrogen) atoms. The van der Waals surface area contributed by atoms with Crippen LogP contribution in [0.25, 0.3) is 10.6 Å². The molecule has 7 heteroatoms. The molecule has 0 unspecified atom stereocenters. The van der Waals surface area contributed by atoms with Crippen LogP contribution in [0.2, 0.25) is 0 Å². The summed E-state index contributed by atoms with van der Waals surface area (Å²) in [5.41, 5.74) is 7.16. The Balaban J connectivity index is 1.89. The van der Waals surface area contributed by atoms with E-state index in [1.807, 2.05) is 30.3 Å². The third-order valence-electron chi connectivity index (χ3n) is 3.31. The SMILES string of the molecule is Cc1nc(-c2ccccc2)sc1C(=O)Nc1cccnc1C(N)=O. The van der Waals surface area contributed by atoms with Gasteiger partial charge in [-0.3, -0.25) is 9.59 Å². The summed E-state index contributed by atoms with van der Waals surface area (Å²) in [6.07, 6.45) is 1.45. The van der Waals surface area contributed by atoms with Gasteiger partial charge in [0.05, 0.1) is 11.4 Å². The second kappa shape index (κ2) is 6.59. The number of nitrogens with zero attached hydrogens (tertiary/aromatic N) is 2. The van der Waals surface area contributed by atoms with Crippen molar-refractivity contribution in [3.63, 3.8) is 0 Å². The van der Waals surface area contributed by atoms with Crippen molar-refractivity contribution in [1.82, 2.24) is 9.97 Å². The Hall–Kier alpha value is -3.06. The number of rotatable bonds is 4. The molecule has 0 fully saturated rings. The number of carbonyl (C=O) groups is 2. The summed E-state index contributed by atoms with van der Waals surface area (Å²) in [5, 5.41) is 3.45. The summed E-state index contributed by atoms with van der Waals surface area (Å²) in [4.78, 5) is 32.8. The van der Waals surface area contributed by atoms with Gasteiger partial charge in [-0.05, 0) is 19.1 Å². The van der Waals surface area contributed by atoms with E-state index in [-0.39, 0.29) is 17.3 Å². The van der Waals surface area contributed by atoms with Crippen LogP contribution in [-0.2, 0) is 0 Å². The summed E-state index contributed by atoms with van der Waals surface area (Å²) in [5.74, 6) is -1.04. The second-order valence-electron chi connectivity index (χ2n) is 5.02. The van der Waals surface area contributed by atoms with Gasteiger partial charge in [-0.15, -0.1) is 11.3 Å². The molecule has 2 heterocycles. The van der Waals surface area contributed by atoms with Gasteiger partial charge in [0.2, 0.25) is 0 Å². The van der Waals surface area contributed by atoms with Crippen molar-refractivity contribution >= 4 is 28.8 Å². The van der Waals surface area contributed by atoms with Gasteiger partial charge in [-0.1, -0.05) is 30.3 Å². The third-order valence-corrected chi connectivity index (χ3v) is 4.52. The van der Waals surface area contributed by atoms with Crippen LogP contribution >= 0.6 is 11.3 Å². The highest BCUT2D eigenvalue weighted by Crippen LogP contribution is 2.28. The quantitative estimate of drug-likeness (QED) is 0.764. The zero-order valence-electron chi connectivity index (χ0n) is 12.8. The number of hydrogen-bond acceptors (Lipinski definition) is 5. The minimum absolute atomic E-state index is 0.0244. The number of benzene rings is 1. The lowest BCUT2D eigenvalue weighted by molar-refractivity contribution is 0.0996. The first-order valence-electron chi connectivity index (χ1n) is 7.15. The van der Waals surface area contributed by atoms with E-state index >= 15 is 0 Å². The number of pyridine rings is 1. The van der Waals surface area contributed by atoms with Gasteiger partial charge in [0.25, 0.3) is 11.8 Å². The van der Waals surface area contributed by atoms with Crippen LogP contribution in [0, 0.1) is 6.92 Å². The number of thiazole rings is 1. The van der Waals surface area contributed by atoms with Crippen molar-refractivity contribution in [2.45, 2.75) is 6.92 Å². The van der Waals surface area contributed by atoms with Crippen LogP contribution in [0.15, 0.2) is 48.7 Å². The molecule has 0 saturated carbocycles. The van der Waals surface area contributed by atoms with E-state index < -0.39 is 5.91 Å². The minimum atomic E-state index is -0.697. The van der Waals surface area contributed by atoms with Gasteiger partial charge in [0, 0.05) is 11.8 Å². The van der Waals surface area contributed by atoms with Crippen LogP contribution in [0.1, 0.15) is 25.9 Å². The maximum atomic E-state index is 12.5. The van der Waals surface area contributed by atoms with Crippen LogP contribution in [-0.4, -0.2) is 21.8 Å². The molecule has 0 bridgehead atoms. The number of primary amides is 1. The van der Waals surface area contributed by atoms with Gasteiger partial charge in [0.1, 0.15) is 9.88 Å². The number of amides is 2. The Bertz CT molecular complexity index is 906. The molecule has 2 amide bonds. The molecule has 120 valence electrons. The Morgan fingerprint density at radius 1 is 1.12 bits per heavy atom. The standard InChI is InChI=1S/C17H14N4O2S/c1-10-14(24-17(20-10)11-6-3-2-4-7-11)16(23)21-12-8-5-9-19-13(12)15(18)22/h2-9H,1H3,(H2,18,22)(H,21,23). The highest BCUT2D eigenvalue weighted by atomic mass is 32.1. The van der Waals surface area contributed by atoms with E-state index in [0.717, 1.165) is 10.6 Å². The predicted octanol–water partition coefficient (Wildman–Crippen LogP) is 2.86. The average molecular weight is 338 g/mol. The molecule has 3 N–H and O–H groups in total. The van der Waals surface area contributed by atoms with Crippen molar-refractivity contribution in [2.24, 2.45) is 5.73 Å². The molecule has 0 radical (unpaired) electrons. The number of aromatic nitrogens is 2. The van der Waals surface area contributed by atoms with Gasteiger partial charge < -0.3 is 11.1 Å². The van der Waals surface area contributed by atoms with E-state index in [1.54, 1.807) is 19.1 Å². The number of aryl methyl sites for hydroxylation is 1. The Morgan fingerprint density at radius 3 is 2.58 bits per heavy atom. The molecular formula is C17H14N4O2S. The third kappa shape index (κ3) is 3.16. The molecule has 3 rings (SSSR count). The monoisotopic (exact) mass is 338 g/mol. The van der Waals surface area contributed by atoms with Crippen LogP contribution in [0.5, 0.6) is 0 Å². The Morgan fingerprint density at radius 2 is 1.88 bits per heavy atom. The first kappa shape index (κ1) is 15.8. The van der Waals surface area contributed by atoms with E-state index in [4.69, 9.17) is 5.73 Å².